The fourth-order valence-corrected chi connectivity index (χ4v) is 2.00. The number of alkyl halides is 3. The number of nitrogens with one attached hydrogen (secondary N) is 1. The van der Waals surface area contributed by atoms with E-state index in [1.54, 1.807) is 0 Å². The van der Waals surface area contributed by atoms with E-state index in [1.165, 1.54) is 0 Å². The molecule has 1 N–H and O–H groups in total. The van der Waals surface area contributed by atoms with Crippen LogP contribution in [-0.2, 0) is 0 Å². The maximum atomic E-state index is 11.8. The second-order valence-corrected chi connectivity index (χ2v) is 4.40. The van der Waals surface area contributed by atoms with Crippen LogP contribution < -0.4 is 5.32 Å². The van der Waals surface area contributed by atoms with Crippen molar-refractivity contribution in [3.05, 3.63) is 0 Å². The van der Waals surface area contributed by atoms with E-state index >= 15 is 0 Å². The lowest BCUT2D eigenvalue weighted by Gasteiger charge is -2.19. The predicted molar refractivity (Wildman–Crippen MR) is 52.4 cm³/mol. The topological polar surface area (TPSA) is 15.3 Å². The number of hydrogen-bond acceptors (Lipinski definition) is 3. The van der Waals surface area contributed by atoms with Gasteiger partial charge in [0.15, 0.2) is 0 Å². The van der Waals surface area contributed by atoms with Crippen LogP contribution in [0.4, 0.5) is 13.2 Å². The fraction of sp³-hybridized carbons (Fsp3) is 1.00. The van der Waals surface area contributed by atoms with Crippen molar-refractivity contribution in [3.8, 4) is 0 Å². The first-order valence-electron chi connectivity index (χ1n) is 4.72. The SMILES string of the molecule is FC(F)(F)SCCN1CCCNCC1. The Labute approximate surface area is 86.2 Å². The van der Waals surface area contributed by atoms with Gasteiger partial charge in [0.05, 0.1) is 0 Å². The first-order valence-corrected chi connectivity index (χ1v) is 5.70. The molecular formula is C8H15F3N2S. The predicted octanol–water partition coefficient (Wildman–Crippen LogP) is 1.53. The smallest absolute Gasteiger partial charge is 0.315 e. The molecule has 1 aliphatic heterocycles. The first-order chi connectivity index (χ1) is 6.58. The lowest BCUT2D eigenvalue weighted by atomic mass is 10.4. The Bertz CT molecular complexity index is 155. The van der Waals surface area contributed by atoms with Gasteiger partial charge < -0.3 is 10.2 Å². The Balaban J connectivity index is 2.10. The molecule has 0 unspecified atom stereocenters. The lowest BCUT2D eigenvalue weighted by molar-refractivity contribution is -0.0328. The summed E-state index contributed by atoms with van der Waals surface area (Å²) in [6.45, 7) is 4.16. The maximum absolute atomic E-state index is 11.8. The summed E-state index contributed by atoms with van der Waals surface area (Å²) < 4.78 is 35.5. The summed E-state index contributed by atoms with van der Waals surface area (Å²) in [5.74, 6) is 0.142. The van der Waals surface area contributed by atoms with Crippen LogP contribution in [0.3, 0.4) is 0 Å². The van der Waals surface area contributed by atoms with Crippen LogP contribution in [0, 0.1) is 0 Å². The molecule has 0 saturated carbocycles. The van der Waals surface area contributed by atoms with Gasteiger partial charge in [0.25, 0.3) is 0 Å². The van der Waals surface area contributed by atoms with Crippen LogP contribution in [0.2, 0.25) is 0 Å². The van der Waals surface area contributed by atoms with Crippen LogP contribution >= 0.6 is 11.8 Å². The van der Waals surface area contributed by atoms with Crippen molar-refractivity contribution in [3.63, 3.8) is 0 Å². The quantitative estimate of drug-likeness (QED) is 0.788. The van der Waals surface area contributed by atoms with E-state index in [9.17, 15) is 13.2 Å². The molecule has 2 nitrogen and oxygen atoms in total. The lowest BCUT2D eigenvalue weighted by Crippen LogP contribution is -2.30. The summed E-state index contributed by atoms with van der Waals surface area (Å²) in [7, 11) is 0. The summed E-state index contributed by atoms with van der Waals surface area (Å²) in [6, 6.07) is 0. The molecule has 1 fully saturated rings. The van der Waals surface area contributed by atoms with Gasteiger partial charge in [-0.1, -0.05) is 0 Å². The molecule has 0 bridgehead atoms. The standard InChI is InChI=1S/C8H15F3N2S/c9-8(10,11)14-7-6-13-4-1-2-12-3-5-13/h12H,1-7H2. The second kappa shape index (κ2) is 5.82. The summed E-state index contributed by atoms with van der Waals surface area (Å²) in [6.07, 6.45) is 1.02. The average Bonchev–Trinajstić information content (AvgIpc) is 2.30. The van der Waals surface area contributed by atoms with Gasteiger partial charge in [-0.3, -0.25) is 0 Å². The van der Waals surface area contributed by atoms with Crippen molar-refractivity contribution in [1.82, 2.24) is 10.2 Å². The minimum Gasteiger partial charge on any atom is -0.315 e. The zero-order valence-corrected chi connectivity index (χ0v) is 8.76. The van der Waals surface area contributed by atoms with E-state index < -0.39 is 5.51 Å². The highest BCUT2D eigenvalue weighted by Crippen LogP contribution is 2.29. The third kappa shape index (κ3) is 5.72. The highest BCUT2D eigenvalue weighted by Gasteiger charge is 2.27. The van der Waals surface area contributed by atoms with Gasteiger partial charge in [-0.25, -0.2) is 0 Å². The Morgan fingerprint density at radius 3 is 2.71 bits per heavy atom. The molecule has 84 valence electrons. The molecule has 0 spiro atoms. The van der Waals surface area contributed by atoms with Gasteiger partial charge in [0.2, 0.25) is 0 Å². The zero-order chi connectivity index (χ0) is 10.4. The van der Waals surface area contributed by atoms with Gasteiger partial charge in [-0.15, -0.1) is 0 Å². The minimum atomic E-state index is -4.08. The van der Waals surface area contributed by atoms with Crippen LogP contribution in [0.5, 0.6) is 0 Å². The zero-order valence-electron chi connectivity index (χ0n) is 7.94. The Hall–Kier alpha value is 0.0600. The highest BCUT2D eigenvalue weighted by atomic mass is 32.2. The van der Waals surface area contributed by atoms with E-state index in [0.29, 0.717) is 6.54 Å². The third-order valence-corrected chi connectivity index (χ3v) is 2.82. The van der Waals surface area contributed by atoms with Crippen molar-refractivity contribution >= 4 is 11.8 Å². The molecule has 0 radical (unpaired) electrons. The number of halogens is 3. The molecule has 14 heavy (non-hydrogen) atoms. The van der Waals surface area contributed by atoms with Crippen LogP contribution in [0.15, 0.2) is 0 Å². The van der Waals surface area contributed by atoms with Gasteiger partial charge in [-0.2, -0.15) is 13.2 Å². The van der Waals surface area contributed by atoms with Crippen LogP contribution in [0.1, 0.15) is 6.42 Å². The molecule has 0 aromatic carbocycles. The van der Waals surface area contributed by atoms with Gasteiger partial charge in [-0.05, 0) is 31.3 Å². The largest absolute Gasteiger partial charge is 0.441 e. The van der Waals surface area contributed by atoms with Crippen molar-refractivity contribution in [2.45, 2.75) is 11.9 Å². The summed E-state index contributed by atoms with van der Waals surface area (Å²) in [5, 5.41) is 3.21. The molecule has 1 saturated heterocycles. The minimum absolute atomic E-state index is 0.0719. The second-order valence-electron chi connectivity index (χ2n) is 3.24. The first kappa shape index (κ1) is 12.1. The number of thioether (sulfide) groups is 1. The Kier molecular flexibility index (Phi) is 5.05. The molecule has 0 atom stereocenters. The molecule has 1 aliphatic rings. The number of hydrogen-bond donors (Lipinski definition) is 1. The normalized spacial score (nSPS) is 20.8. The molecule has 0 aliphatic carbocycles. The van der Waals surface area contributed by atoms with E-state index in [-0.39, 0.29) is 17.5 Å². The average molecular weight is 228 g/mol. The van der Waals surface area contributed by atoms with E-state index in [4.69, 9.17) is 0 Å². The van der Waals surface area contributed by atoms with Crippen LogP contribution in [-0.4, -0.2) is 48.9 Å². The molecular weight excluding hydrogens is 213 g/mol. The number of rotatable bonds is 3. The van der Waals surface area contributed by atoms with Crippen molar-refractivity contribution in [2.75, 3.05) is 38.5 Å². The van der Waals surface area contributed by atoms with E-state index in [0.717, 1.165) is 32.6 Å². The summed E-state index contributed by atoms with van der Waals surface area (Å²) in [5.41, 5.74) is -4.08. The van der Waals surface area contributed by atoms with Gasteiger partial charge in [0, 0.05) is 25.4 Å². The molecule has 0 aromatic heterocycles. The monoisotopic (exact) mass is 228 g/mol. The van der Waals surface area contributed by atoms with Gasteiger partial charge >= 0.3 is 5.51 Å². The number of nitrogens with zero attached hydrogens (tertiary/aromatic N) is 1. The summed E-state index contributed by atoms with van der Waals surface area (Å²) in [4.78, 5) is 2.08. The molecule has 1 rings (SSSR count). The molecule has 0 aromatic rings. The Morgan fingerprint density at radius 1 is 1.21 bits per heavy atom. The fourth-order valence-electron chi connectivity index (χ4n) is 1.42. The van der Waals surface area contributed by atoms with Crippen molar-refractivity contribution < 1.29 is 13.2 Å². The van der Waals surface area contributed by atoms with Crippen molar-refractivity contribution in [2.24, 2.45) is 0 Å². The highest BCUT2D eigenvalue weighted by molar-refractivity contribution is 8.00. The molecule has 6 heteroatoms. The van der Waals surface area contributed by atoms with Gasteiger partial charge in [0.1, 0.15) is 0 Å². The summed E-state index contributed by atoms with van der Waals surface area (Å²) >= 11 is 0.0719. The molecule has 0 amide bonds. The third-order valence-electron chi connectivity index (χ3n) is 2.11. The maximum Gasteiger partial charge on any atom is 0.441 e. The van der Waals surface area contributed by atoms with Crippen molar-refractivity contribution in [1.29, 1.82) is 0 Å². The Morgan fingerprint density at radius 2 is 2.00 bits per heavy atom. The van der Waals surface area contributed by atoms with Crippen LogP contribution in [0.25, 0.3) is 0 Å². The molecule has 1 heterocycles. The van der Waals surface area contributed by atoms with E-state index in [2.05, 4.69) is 10.2 Å². The van der Waals surface area contributed by atoms with E-state index in [1.807, 2.05) is 0 Å².